The van der Waals surface area contributed by atoms with Crippen molar-refractivity contribution >= 4 is 23.3 Å². The molecule has 3 rings (SSSR count). The zero-order valence-electron chi connectivity index (χ0n) is 19.4. The monoisotopic (exact) mass is 468 g/mol. The van der Waals surface area contributed by atoms with Crippen molar-refractivity contribution in [3.05, 3.63) is 66.1 Å². The number of aryl methyl sites for hydroxylation is 1. The van der Waals surface area contributed by atoms with Gasteiger partial charge in [-0.25, -0.2) is 9.78 Å². The molecule has 0 atom stereocenters. The topological polar surface area (TPSA) is 68.2 Å². The minimum atomic E-state index is -0.212. The summed E-state index contributed by atoms with van der Waals surface area (Å²) in [7, 11) is 0. The van der Waals surface area contributed by atoms with Crippen LogP contribution >= 0.6 is 11.6 Å². The number of alkyl halides is 1. The van der Waals surface area contributed by atoms with Crippen LogP contribution in [0.4, 0.5) is 10.5 Å². The molecule has 0 spiro atoms. The first-order valence-corrected chi connectivity index (χ1v) is 12.1. The quantitative estimate of drug-likeness (QED) is 0.239. The Labute approximate surface area is 201 Å². The van der Waals surface area contributed by atoms with Crippen molar-refractivity contribution in [2.24, 2.45) is 0 Å². The largest absolute Gasteiger partial charge is 0.491 e. The summed E-state index contributed by atoms with van der Waals surface area (Å²) in [5, 5.41) is 5.78. The molecule has 0 saturated carbocycles. The number of urea groups is 1. The number of amides is 2. The summed E-state index contributed by atoms with van der Waals surface area (Å²) in [6.07, 6.45) is 3.99. The number of aromatic nitrogens is 2. The van der Waals surface area contributed by atoms with Gasteiger partial charge in [-0.15, -0.1) is 11.6 Å². The number of ether oxygens (including phenoxy) is 1. The third kappa shape index (κ3) is 6.99. The van der Waals surface area contributed by atoms with E-state index in [1.54, 1.807) is 0 Å². The van der Waals surface area contributed by atoms with E-state index >= 15 is 0 Å². The molecule has 1 aromatic heterocycles. The minimum Gasteiger partial charge on any atom is -0.491 e. The Hall–Kier alpha value is -2.99. The molecule has 0 saturated heterocycles. The maximum atomic E-state index is 12.2. The first-order valence-electron chi connectivity index (χ1n) is 11.6. The van der Waals surface area contributed by atoms with E-state index in [1.165, 1.54) is 0 Å². The molecule has 6 nitrogen and oxygen atoms in total. The lowest BCUT2D eigenvalue weighted by Gasteiger charge is -2.14. The van der Waals surface area contributed by atoms with E-state index in [9.17, 15) is 4.79 Å². The fourth-order valence-corrected chi connectivity index (χ4v) is 3.98. The van der Waals surface area contributed by atoms with E-state index in [4.69, 9.17) is 21.3 Å². The number of unbranched alkanes of at least 4 members (excludes halogenated alkanes) is 2. The van der Waals surface area contributed by atoms with Crippen LogP contribution in [0.15, 0.2) is 54.6 Å². The summed E-state index contributed by atoms with van der Waals surface area (Å²) >= 11 is 6.29. The van der Waals surface area contributed by atoms with E-state index in [-0.39, 0.29) is 6.03 Å². The number of para-hydroxylation sites is 2. The maximum absolute atomic E-state index is 12.2. The van der Waals surface area contributed by atoms with Gasteiger partial charge >= 0.3 is 6.03 Å². The molecular weight excluding hydrogens is 436 g/mol. The Balaban J connectivity index is 1.56. The highest BCUT2D eigenvalue weighted by molar-refractivity contribution is 6.17. The highest BCUT2D eigenvalue weighted by Gasteiger charge is 2.15. The van der Waals surface area contributed by atoms with Gasteiger partial charge in [-0.2, -0.15) is 0 Å². The van der Waals surface area contributed by atoms with Crippen molar-refractivity contribution < 1.29 is 9.53 Å². The summed E-state index contributed by atoms with van der Waals surface area (Å²) < 4.78 is 8.16. The number of anilines is 1. The molecule has 176 valence electrons. The number of benzene rings is 2. The summed E-state index contributed by atoms with van der Waals surface area (Å²) in [5.41, 5.74) is 3.68. The smallest absolute Gasteiger partial charge is 0.319 e. The normalized spacial score (nSPS) is 10.8. The summed E-state index contributed by atoms with van der Waals surface area (Å²) in [6, 6.07) is 17.4. The second-order valence-corrected chi connectivity index (χ2v) is 8.16. The second-order valence-electron chi connectivity index (χ2n) is 7.89. The van der Waals surface area contributed by atoms with Gasteiger partial charge in [0.2, 0.25) is 0 Å². The van der Waals surface area contributed by atoms with Crippen molar-refractivity contribution in [1.29, 1.82) is 0 Å². The summed E-state index contributed by atoms with van der Waals surface area (Å²) in [6.45, 7) is 6.07. The van der Waals surface area contributed by atoms with Crippen LogP contribution in [0, 0.1) is 6.92 Å². The lowest BCUT2D eigenvalue weighted by Crippen LogP contribution is -2.29. The first-order chi connectivity index (χ1) is 16.1. The number of hydrogen-bond acceptors (Lipinski definition) is 3. The Morgan fingerprint density at radius 1 is 1.06 bits per heavy atom. The Bertz CT molecular complexity index is 1020. The summed E-state index contributed by atoms with van der Waals surface area (Å²) in [5.74, 6) is 1.99. The second kappa shape index (κ2) is 12.9. The molecule has 0 aliphatic rings. The highest BCUT2D eigenvalue weighted by Crippen LogP contribution is 2.26. The third-order valence-corrected chi connectivity index (χ3v) is 5.68. The first kappa shape index (κ1) is 24.6. The van der Waals surface area contributed by atoms with Crippen LogP contribution in [0.3, 0.4) is 0 Å². The molecule has 0 bridgehead atoms. The molecule has 2 aromatic carbocycles. The van der Waals surface area contributed by atoms with Crippen molar-refractivity contribution in [3.63, 3.8) is 0 Å². The molecule has 2 N–H and O–H groups in total. The van der Waals surface area contributed by atoms with Crippen molar-refractivity contribution in [1.82, 2.24) is 14.9 Å². The molecule has 0 aliphatic heterocycles. The molecule has 0 radical (unpaired) electrons. The van der Waals surface area contributed by atoms with E-state index in [1.807, 2.05) is 49.4 Å². The average molecular weight is 469 g/mol. The standard InChI is InChI=1S/C26H33ClN4O2/c1-3-4-10-16-28-26(32)30-22-14-8-9-15-24(22)33-18-11-17-31-20(2)29-25(23(31)19-27)21-12-6-5-7-13-21/h5-9,12-15H,3-4,10-11,16-19H2,1-2H3,(H2,28,30,32). The third-order valence-electron chi connectivity index (χ3n) is 5.42. The fourth-order valence-electron chi connectivity index (χ4n) is 3.71. The van der Waals surface area contributed by atoms with Crippen LogP contribution in [-0.4, -0.2) is 28.7 Å². The zero-order chi connectivity index (χ0) is 23.5. The molecular formula is C26H33ClN4O2. The number of rotatable bonds is 12. The Kier molecular flexibility index (Phi) is 9.63. The minimum absolute atomic E-state index is 0.212. The number of carbonyl (C=O) groups is 1. The van der Waals surface area contributed by atoms with Crippen molar-refractivity contribution in [2.45, 2.75) is 52.0 Å². The lowest BCUT2D eigenvalue weighted by molar-refractivity contribution is 0.251. The maximum Gasteiger partial charge on any atom is 0.319 e. The predicted octanol–water partition coefficient (Wildman–Crippen LogP) is 6.38. The van der Waals surface area contributed by atoms with E-state index < -0.39 is 0 Å². The van der Waals surface area contributed by atoms with Gasteiger partial charge in [0.1, 0.15) is 11.6 Å². The molecule has 0 fully saturated rings. The average Bonchev–Trinajstić information content (AvgIpc) is 3.16. The van der Waals surface area contributed by atoms with Gasteiger partial charge in [0.15, 0.2) is 0 Å². The van der Waals surface area contributed by atoms with Gasteiger partial charge in [0, 0.05) is 18.7 Å². The summed E-state index contributed by atoms with van der Waals surface area (Å²) in [4.78, 5) is 16.9. The number of imidazole rings is 1. The highest BCUT2D eigenvalue weighted by atomic mass is 35.5. The van der Waals surface area contributed by atoms with Crippen LogP contribution in [0.5, 0.6) is 5.75 Å². The molecule has 3 aromatic rings. The van der Waals surface area contributed by atoms with E-state index in [0.29, 0.717) is 30.5 Å². The van der Waals surface area contributed by atoms with E-state index in [2.05, 4.69) is 34.3 Å². The van der Waals surface area contributed by atoms with E-state index in [0.717, 1.165) is 55.0 Å². The van der Waals surface area contributed by atoms with Gasteiger partial charge in [0.05, 0.1) is 29.6 Å². The van der Waals surface area contributed by atoms with Gasteiger partial charge in [-0.3, -0.25) is 0 Å². The molecule has 2 amide bonds. The van der Waals surface area contributed by atoms with Crippen LogP contribution < -0.4 is 15.4 Å². The van der Waals surface area contributed by atoms with Gasteiger partial charge in [-0.05, 0) is 31.9 Å². The number of nitrogens with one attached hydrogen (secondary N) is 2. The zero-order valence-corrected chi connectivity index (χ0v) is 20.2. The van der Waals surface area contributed by atoms with Gasteiger partial charge in [0.25, 0.3) is 0 Å². The number of carbonyl (C=O) groups excluding carboxylic acids is 1. The lowest BCUT2D eigenvalue weighted by atomic mass is 10.1. The van der Waals surface area contributed by atoms with Crippen molar-refractivity contribution in [3.8, 4) is 17.0 Å². The van der Waals surface area contributed by atoms with Crippen molar-refractivity contribution in [2.75, 3.05) is 18.5 Å². The van der Waals surface area contributed by atoms with Gasteiger partial charge in [-0.1, -0.05) is 62.2 Å². The molecule has 0 unspecified atom stereocenters. The van der Waals surface area contributed by atoms with Crippen LogP contribution in [-0.2, 0) is 12.4 Å². The Morgan fingerprint density at radius 3 is 2.58 bits per heavy atom. The molecule has 0 aliphatic carbocycles. The molecule has 7 heteroatoms. The number of hydrogen-bond donors (Lipinski definition) is 2. The Morgan fingerprint density at radius 2 is 1.82 bits per heavy atom. The van der Waals surface area contributed by atoms with Crippen LogP contribution in [0.2, 0.25) is 0 Å². The molecule has 1 heterocycles. The fraction of sp³-hybridized carbons (Fsp3) is 0.385. The predicted molar refractivity (Wildman–Crippen MR) is 135 cm³/mol. The number of halogens is 1. The van der Waals surface area contributed by atoms with Gasteiger partial charge < -0.3 is 19.9 Å². The van der Waals surface area contributed by atoms with Crippen LogP contribution in [0.25, 0.3) is 11.3 Å². The van der Waals surface area contributed by atoms with Crippen LogP contribution in [0.1, 0.15) is 44.1 Å². The SMILES string of the molecule is CCCCCNC(=O)Nc1ccccc1OCCCn1c(C)nc(-c2ccccc2)c1CCl. The number of nitrogens with zero attached hydrogens (tertiary/aromatic N) is 2. The molecule has 33 heavy (non-hydrogen) atoms.